The molecule has 18 heavy (non-hydrogen) atoms. The summed E-state index contributed by atoms with van der Waals surface area (Å²) in [5.74, 6) is 1.60. The van der Waals surface area contributed by atoms with Crippen molar-refractivity contribution in [1.82, 2.24) is 0 Å². The van der Waals surface area contributed by atoms with Crippen LogP contribution < -0.4 is 5.73 Å². The first-order chi connectivity index (χ1) is 8.19. The van der Waals surface area contributed by atoms with Gasteiger partial charge in [0, 0.05) is 4.88 Å². The monoisotopic (exact) mass is 285 g/mol. The van der Waals surface area contributed by atoms with Crippen LogP contribution in [0.1, 0.15) is 50.8 Å². The number of fused-ring (bicyclic) bond motifs is 2. The lowest BCUT2D eigenvalue weighted by Gasteiger charge is -2.50. The first-order valence-corrected chi connectivity index (χ1v) is 7.90. The summed E-state index contributed by atoms with van der Waals surface area (Å²) in [5, 5.41) is 2.19. The van der Waals surface area contributed by atoms with Gasteiger partial charge in [-0.05, 0) is 60.8 Å². The van der Waals surface area contributed by atoms with Gasteiger partial charge in [0.05, 0.1) is 5.54 Å². The molecule has 0 spiro atoms. The standard InChI is InChI=1S/C15H23NS.ClH/c1-3-14(4-2)11-7-8-12(10-11)15(14,16)13-6-5-9-17-13;/h5-6,9,11-12H,3-4,7-8,10,16H2,1-2H3;1H/t11?,12-,15+;/m1./s1. The van der Waals surface area contributed by atoms with Crippen molar-refractivity contribution in [3.8, 4) is 0 Å². The molecule has 2 saturated carbocycles. The highest BCUT2D eigenvalue weighted by atomic mass is 35.5. The van der Waals surface area contributed by atoms with Gasteiger partial charge in [0.2, 0.25) is 0 Å². The van der Waals surface area contributed by atoms with E-state index < -0.39 is 0 Å². The van der Waals surface area contributed by atoms with Crippen LogP contribution in [-0.2, 0) is 5.54 Å². The van der Waals surface area contributed by atoms with Crippen molar-refractivity contribution < 1.29 is 0 Å². The lowest BCUT2D eigenvalue weighted by Crippen LogP contribution is -2.55. The molecule has 2 N–H and O–H groups in total. The van der Waals surface area contributed by atoms with Gasteiger partial charge in [-0.1, -0.05) is 19.9 Å². The highest BCUT2D eigenvalue weighted by molar-refractivity contribution is 7.10. The van der Waals surface area contributed by atoms with E-state index in [9.17, 15) is 0 Å². The Kier molecular flexibility index (Phi) is 3.84. The molecule has 102 valence electrons. The second kappa shape index (κ2) is 4.81. The Hall–Kier alpha value is -0.0500. The Bertz CT molecular complexity index is 399. The Morgan fingerprint density at radius 3 is 2.50 bits per heavy atom. The number of hydrogen-bond donors (Lipinski definition) is 1. The van der Waals surface area contributed by atoms with Crippen molar-refractivity contribution in [2.45, 2.75) is 51.5 Å². The first kappa shape index (κ1) is 14.4. The van der Waals surface area contributed by atoms with E-state index in [0.717, 1.165) is 11.8 Å². The Labute approximate surface area is 121 Å². The first-order valence-electron chi connectivity index (χ1n) is 7.02. The quantitative estimate of drug-likeness (QED) is 0.865. The number of rotatable bonds is 3. The fraction of sp³-hybridized carbons (Fsp3) is 0.733. The maximum Gasteiger partial charge on any atom is 0.0591 e. The largest absolute Gasteiger partial charge is 0.320 e. The van der Waals surface area contributed by atoms with Crippen molar-refractivity contribution in [1.29, 1.82) is 0 Å². The van der Waals surface area contributed by atoms with E-state index >= 15 is 0 Å². The summed E-state index contributed by atoms with van der Waals surface area (Å²) < 4.78 is 0. The van der Waals surface area contributed by atoms with Crippen molar-refractivity contribution >= 4 is 23.7 Å². The Morgan fingerprint density at radius 2 is 1.94 bits per heavy atom. The molecule has 3 heteroatoms. The van der Waals surface area contributed by atoms with Crippen LogP contribution in [0.15, 0.2) is 17.5 Å². The predicted octanol–water partition coefficient (Wildman–Crippen LogP) is 4.56. The number of hydrogen-bond acceptors (Lipinski definition) is 2. The highest BCUT2D eigenvalue weighted by Crippen LogP contribution is 2.67. The third-order valence-electron chi connectivity index (χ3n) is 5.87. The third kappa shape index (κ3) is 1.49. The van der Waals surface area contributed by atoms with Crippen LogP contribution in [0, 0.1) is 17.3 Å². The van der Waals surface area contributed by atoms with Crippen molar-refractivity contribution in [2.75, 3.05) is 0 Å². The summed E-state index contributed by atoms with van der Waals surface area (Å²) in [5.41, 5.74) is 7.35. The van der Waals surface area contributed by atoms with Gasteiger partial charge in [-0.2, -0.15) is 0 Å². The maximum atomic E-state index is 7.02. The zero-order valence-corrected chi connectivity index (χ0v) is 12.9. The van der Waals surface area contributed by atoms with Gasteiger partial charge < -0.3 is 5.73 Å². The van der Waals surface area contributed by atoms with Crippen LogP contribution in [0.2, 0.25) is 0 Å². The molecule has 1 unspecified atom stereocenters. The van der Waals surface area contributed by atoms with E-state index in [1.807, 2.05) is 11.3 Å². The second-order valence-electron chi connectivity index (χ2n) is 5.92. The Morgan fingerprint density at radius 1 is 1.28 bits per heavy atom. The van der Waals surface area contributed by atoms with Gasteiger partial charge >= 0.3 is 0 Å². The van der Waals surface area contributed by atoms with E-state index in [-0.39, 0.29) is 17.9 Å². The van der Waals surface area contributed by atoms with E-state index in [0.29, 0.717) is 5.41 Å². The van der Waals surface area contributed by atoms with Crippen LogP contribution in [0.5, 0.6) is 0 Å². The maximum absolute atomic E-state index is 7.02. The minimum absolute atomic E-state index is 0. The molecule has 2 fully saturated rings. The minimum Gasteiger partial charge on any atom is -0.320 e. The van der Waals surface area contributed by atoms with Crippen LogP contribution in [0.4, 0.5) is 0 Å². The molecule has 0 saturated heterocycles. The van der Waals surface area contributed by atoms with Crippen molar-refractivity contribution in [2.24, 2.45) is 23.0 Å². The molecule has 1 aromatic rings. The van der Waals surface area contributed by atoms with Crippen LogP contribution >= 0.6 is 23.7 Å². The molecule has 3 atom stereocenters. The summed E-state index contributed by atoms with van der Waals surface area (Å²) in [7, 11) is 0. The molecule has 1 aromatic heterocycles. The number of halogens is 1. The summed E-state index contributed by atoms with van der Waals surface area (Å²) in [6.07, 6.45) is 6.60. The molecule has 0 amide bonds. The van der Waals surface area contributed by atoms with E-state index in [1.165, 1.54) is 37.0 Å². The van der Waals surface area contributed by atoms with Gasteiger partial charge in [0.1, 0.15) is 0 Å². The number of nitrogens with two attached hydrogens (primary N) is 1. The van der Waals surface area contributed by atoms with Gasteiger partial charge in [0.15, 0.2) is 0 Å². The molecule has 1 heterocycles. The predicted molar refractivity (Wildman–Crippen MR) is 81.3 cm³/mol. The average molecular weight is 286 g/mol. The SMILES string of the molecule is CCC1(CC)C2CC[C@H](C2)[C@]1(N)c1cccs1.Cl. The molecule has 2 aliphatic rings. The van der Waals surface area contributed by atoms with Crippen LogP contribution in [0.3, 0.4) is 0 Å². The molecule has 2 aliphatic carbocycles. The molecule has 1 nitrogen and oxygen atoms in total. The van der Waals surface area contributed by atoms with E-state index in [4.69, 9.17) is 5.73 Å². The van der Waals surface area contributed by atoms with Gasteiger partial charge in [-0.15, -0.1) is 23.7 Å². The summed E-state index contributed by atoms with van der Waals surface area (Å²) in [6.45, 7) is 4.69. The van der Waals surface area contributed by atoms with Crippen molar-refractivity contribution in [3.63, 3.8) is 0 Å². The summed E-state index contributed by atoms with van der Waals surface area (Å²) in [6, 6.07) is 4.43. The summed E-state index contributed by atoms with van der Waals surface area (Å²) >= 11 is 1.87. The van der Waals surface area contributed by atoms with Crippen LogP contribution in [0.25, 0.3) is 0 Å². The van der Waals surface area contributed by atoms with Crippen LogP contribution in [-0.4, -0.2) is 0 Å². The molecule has 0 aliphatic heterocycles. The van der Waals surface area contributed by atoms with Gasteiger partial charge in [-0.25, -0.2) is 0 Å². The summed E-state index contributed by atoms with van der Waals surface area (Å²) in [4.78, 5) is 1.44. The topological polar surface area (TPSA) is 26.0 Å². The average Bonchev–Trinajstić information content (AvgIpc) is 3.06. The zero-order valence-electron chi connectivity index (χ0n) is 11.3. The minimum atomic E-state index is -0.0341. The number of thiophene rings is 1. The molecule has 3 rings (SSSR count). The Balaban J connectivity index is 0.00000120. The zero-order chi connectivity index (χ0) is 12.1. The molecular formula is C15H24ClNS. The second-order valence-corrected chi connectivity index (χ2v) is 6.86. The molecule has 0 aromatic carbocycles. The van der Waals surface area contributed by atoms with E-state index in [1.54, 1.807) is 0 Å². The fourth-order valence-corrected chi connectivity index (χ4v) is 6.04. The van der Waals surface area contributed by atoms with Crippen molar-refractivity contribution in [3.05, 3.63) is 22.4 Å². The molecular weight excluding hydrogens is 262 g/mol. The third-order valence-corrected chi connectivity index (χ3v) is 6.89. The lowest BCUT2D eigenvalue weighted by molar-refractivity contribution is 0.0380. The molecule has 0 radical (unpaired) electrons. The highest BCUT2D eigenvalue weighted by Gasteiger charge is 2.64. The van der Waals surface area contributed by atoms with E-state index in [2.05, 4.69) is 31.4 Å². The fourth-order valence-electron chi connectivity index (χ4n) is 5.01. The van der Waals surface area contributed by atoms with Gasteiger partial charge in [-0.3, -0.25) is 0 Å². The smallest absolute Gasteiger partial charge is 0.0591 e. The lowest BCUT2D eigenvalue weighted by atomic mass is 9.58. The van der Waals surface area contributed by atoms with Gasteiger partial charge in [0.25, 0.3) is 0 Å². The molecule has 2 bridgehead atoms. The normalized spacial score (nSPS) is 36.6.